The van der Waals surface area contributed by atoms with E-state index in [1.165, 1.54) is 24.3 Å². The van der Waals surface area contributed by atoms with E-state index in [-0.39, 0.29) is 32.7 Å². The zero-order valence-electron chi connectivity index (χ0n) is 18.2. The van der Waals surface area contributed by atoms with Crippen molar-refractivity contribution in [1.82, 2.24) is 5.32 Å². The monoisotopic (exact) mass is 599 g/mol. The van der Waals surface area contributed by atoms with Gasteiger partial charge in [-0.3, -0.25) is 9.59 Å². The molecule has 0 radical (unpaired) electrons. The maximum Gasteiger partial charge on any atom is 0.399 e. The van der Waals surface area contributed by atoms with Crippen molar-refractivity contribution in [2.75, 3.05) is 6.54 Å². The lowest BCUT2D eigenvalue weighted by Gasteiger charge is -2.19. The van der Waals surface area contributed by atoms with Gasteiger partial charge in [0, 0.05) is 4.47 Å². The maximum atomic E-state index is 13.7. The highest BCUT2D eigenvalue weighted by Gasteiger charge is 2.39. The van der Waals surface area contributed by atoms with Crippen LogP contribution in [0.25, 0.3) is 6.08 Å². The first-order valence-corrected chi connectivity index (χ1v) is 11.7. The molecule has 0 bridgehead atoms. The summed E-state index contributed by atoms with van der Waals surface area (Å²) < 4.78 is 46.6. The van der Waals surface area contributed by atoms with Gasteiger partial charge in [0.05, 0.1) is 26.5 Å². The molecule has 2 rings (SSSR count). The molecule has 0 aliphatic rings. The van der Waals surface area contributed by atoms with Crippen LogP contribution in [0.3, 0.4) is 0 Å². The Morgan fingerprint density at radius 3 is 2.18 bits per heavy atom. The second-order valence-corrected chi connectivity index (χ2v) is 10.2. The molecule has 4 nitrogen and oxygen atoms in total. The lowest BCUT2D eigenvalue weighted by Crippen LogP contribution is -2.34. The van der Waals surface area contributed by atoms with Gasteiger partial charge in [0.15, 0.2) is 0 Å². The molecule has 1 unspecified atom stereocenters. The zero-order chi connectivity index (χ0) is 25.8. The number of carbonyl (C=O) groups excluding carboxylic acids is 2. The number of hydrogen-bond donors (Lipinski definition) is 1. The fraction of sp³-hybridized carbons (Fsp3) is 0.304. The SMILES string of the molecule is CC(C)(C)OC(=O)CNC(=O)c1ccc(/C=C/C(c2cc(Cl)c(Cl)c(Cl)c2)C(F)(F)F)cc1Br. The van der Waals surface area contributed by atoms with Crippen molar-refractivity contribution in [3.63, 3.8) is 0 Å². The number of esters is 1. The van der Waals surface area contributed by atoms with Gasteiger partial charge in [-0.1, -0.05) is 53.0 Å². The number of hydrogen-bond acceptors (Lipinski definition) is 3. The fourth-order valence-electron chi connectivity index (χ4n) is 2.82. The first kappa shape index (κ1) is 28.5. The van der Waals surface area contributed by atoms with Crippen LogP contribution in [-0.2, 0) is 9.53 Å². The van der Waals surface area contributed by atoms with E-state index in [1.54, 1.807) is 20.8 Å². The van der Waals surface area contributed by atoms with Gasteiger partial charge in [-0.25, -0.2) is 0 Å². The van der Waals surface area contributed by atoms with Crippen molar-refractivity contribution >= 4 is 68.7 Å². The summed E-state index contributed by atoms with van der Waals surface area (Å²) >= 11 is 20.9. The second-order valence-electron chi connectivity index (χ2n) is 8.19. The minimum absolute atomic E-state index is 0.0264. The molecule has 0 fully saturated rings. The molecule has 1 amide bonds. The third-order valence-corrected chi connectivity index (χ3v) is 6.10. The van der Waals surface area contributed by atoms with Crippen LogP contribution in [0.2, 0.25) is 15.1 Å². The van der Waals surface area contributed by atoms with E-state index >= 15 is 0 Å². The number of amides is 1. The summed E-state index contributed by atoms with van der Waals surface area (Å²) in [5.74, 6) is -3.14. The summed E-state index contributed by atoms with van der Waals surface area (Å²) in [7, 11) is 0. The number of rotatable bonds is 6. The van der Waals surface area contributed by atoms with E-state index in [4.69, 9.17) is 39.5 Å². The Labute approximate surface area is 218 Å². The molecule has 11 heteroatoms. The number of allylic oxidation sites excluding steroid dienone is 1. The van der Waals surface area contributed by atoms with E-state index in [0.717, 1.165) is 18.2 Å². The molecule has 2 aromatic carbocycles. The quantitative estimate of drug-likeness (QED) is 0.271. The van der Waals surface area contributed by atoms with E-state index < -0.39 is 29.6 Å². The lowest BCUT2D eigenvalue weighted by atomic mass is 9.97. The largest absolute Gasteiger partial charge is 0.459 e. The van der Waals surface area contributed by atoms with E-state index in [9.17, 15) is 22.8 Å². The predicted octanol–water partition coefficient (Wildman–Crippen LogP) is 7.84. The number of alkyl halides is 3. The molecule has 0 saturated carbocycles. The van der Waals surface area contributed by atoms with Crippen molar-refractivity contribution in [2.45, 2.75) is 38.5 Å². The van der Waals surface area contributed by atoms with E-state index in [1.807, 2.05) is 0 Å². The Hall–Kier alpha value is -1.74. The number of carbonyl (C=O) groups is 2. The van der Waals surface area contributed by atoms with Crippen LogP contribution < -0.4 is 5.32 Å². The Morgan fingerprint density at radius 2 is 1.68 bits per heavy atom. The van der Waals surface area contributed by atoms with Crippen molar-refractivity contribution in [2.24, 2.45) is 0 Å². The van der Waals surface area contributed by atoms with Gasteiger partial charge in [0.2, 0.25) is 0 Å². The van der Waals surface area contributed by atoms with Gasteiger partial charge in [0.25, 0.3) is 5.91 Å². The van der Waals surface area contributed by atoms with Crippen LogP contribution >= 0.6 is 50.7 Å². The Morgan fingerprint density at radius 1 is 1.09 bits per heavy atom. The molecule has 0 aromatic heterocycles. The number of ether oxygens (including phenoxy) is 1. The van der Waals surface area contributed by atoms with Gasteiger partial charge in [-0.2, -0.15) is 13.2 Å². The minimum Gasteiger partial charge on any atom is -0.459 e. The Balaban J connectivity index is 2.20. The molecule has 0 spiro atoms. The molecule has 1 atom stereocenters. The van der Waals surface area contributed by atoms with Gasteiger partial charge in [-0.05, 0) is 72.1 Å². The Kier molecular flexibility index (Phi) is 9.50. The van der Waals surface area contributed by atoms with Crippen LogP contribution in [0.4, 0.5) is 13.2 Å². The highest BCUT2D eigenvalue weighted by atomic mass is 79.9. The molecular weight excluding hydrogens is 582 g/mol. The van der Waals surface area contributed by atoms with Crippen LogP contribution in [0.5, 0.6) is 0 Å². The van der Waals surface area contributed by atoms with Crippen LogP contribution in [-0.4, -0.2) is 30.2 Å². The molecule has 2 aromatic rings. The summed E-state index contributed by atoms with van der Waals surface area (Å²) in [6.07, 6.45) is -2.39. The minimum atomic E-state index is -4.62. The van der Waals surface area contributed by atoms with Crippen LogP contribution in [0.15, 0.2) is 40.9 Å². The molecule has 34 heavy (non-hydrogen) atoms. The van der Waals surface area contributed by atoms with Crippen molar-refractivity contribution in [3.05, 3.63) is 72.6 Å². The maximum absolute atomic E-state index is 13.7. The van der Waals surface area contributed by atoms with Crippen molar-refractivity contribution in [3.8, 4) is 0 Å². The number of nitrogens with one attached hydrogen (secondary N) is 1. The fourth-order valence-corrected chi connectivity index (χ4v) is 4.01. The summed E-state index contributed by atoms with van der Waals surface area (Å²) in [5, 5.41) is 2.24. The third kappa shape index (κ3) is 8.18. The number of benzene rings is 2. The van der Waals surface area contributed by atoms with Gasteiger partial charge < -0.3 is 10.1 Å². The molecule has 0 aliphatic heterocycles. The molecule has 0 heterocycles. The first-order valence-electron chi connectivity index (χ1n) is 9.77. The molecule has 0 saturated heterocycles. The van der Waals surface area contributed by atoms with Crippen molar-refractivity contribution < 1.29 is 27.5 Å². The van der Waals surface area contributed by atoms with Gasteiger partial charge in [0.1, 0.15) is 12.1 Å². The molecule has 0 aliphatic carbocycles. The lowest BCUT2D eigenvalue weighted by molar-refractivity contribution is -0.153. The summed E-state index contributed by atoms with van der Waals surface area (Å²) in [5.41, 5.74) is -0.256. The predicted molar refractivity (Wildman–Crippen MR) is 132 cm³/mol. The van der Waals surface area contributed by atoms with Gasteiger partial charge >= 0.3 is 12.1 Å². The second kappa shape index (κ2) is 11.3. The summed E-state index contributed by atoms with van der Waals surface area (Å²) in [6.45, 7) is 4.78. The standard InChI is InChI=1S/C23H20BrCl3F3NO3/c1-22(2,3)34-19(32)11-31-21(33)14-6-4-12(8-16(14)24)5-7-15(23(28,29)30)13-9-17(25)20(27)18(26)10-13/h4-10,15H,11H2,1-3H3,(H,31,33)/b7-5+. The highest BCUT2D eigenvalue weighted by Crippen LogP contribution is 2.41. The third-order valence-electron chi connectivity index (χ3n) is 4.25. The van der Waals surface area contributed by atoms with Crippen LogP contribution in [0.1, 0.15) is 48.2 Å². The molecule has 184 valence electrons. The average Bonchev–Trinajstić information content (AvgIpc) is 2.68. The smallest absolute Gasteiger partial charge is 0.399 e. The number of halogens is 7. The summed E-state index contributed by atoms with van der Waals surface area (Å²) in [4.78, 5) is 24.1. The molecular formula is C23H20BrCl3F3NO3. The van der Waals surface area contributed by atoms with Gasteiger partial charge in [-0.15, -0.1) is 0 Å². The summed E-state index contributed by atoms with van der Waals surface area (Å²) in [6, 6.07) is 6.61. The van der Waals surface area contributed by atoms with E-state index in [0.29, 0.717) is 10.0 Å². The molecule has 1 N–H and O–H groups in total. The topological polar surface area (TPSA) is 55.4 Å². The first-order chi connectivity index (χ1) is 15.6. The van der Waals surface area contributed by atoms with Crippen molar-refractivity contribution in [1.29, 1.82) is 0 Å². The Bertz CT molecular complexity index is 1090. The van der Waals surface area contributed by atoms with Crippen LogP contribution in [0, 0.1) is 0 Å². The average molecular weight is 602 g/mol. The van der Waals surface area contributed by atoms with E-state index in [2.05, 4.69) is 21.2 Å². The highest BCUT2D eigenvalue weighted by molar-refractivity contribution is 9.10. The zero-order valence-corrected chi connectivity index (χ0v) is 22.1. The normalized spacial score (nSPS) is 13.1.